The van der Waals surface area contributed by atoms with E-state index in [1.165, 1.54) is 19.3 Å². The maximum Gasteiger partial charge on any atom is 0.174 e. The zero-order valence-corrected chi connectivity index (χ0v) is 8.10. The van der Waals surface area contributed by atoms with Crippen LogP contribution in [0.3, 0.4) is 0 Å². The third kappa shape index (κ3) is 2.97. The second kappa shape index (κ2) is 5.45. The minimum Gasteiger partial charge on any atom is -0.356 e. The molecule has 1 fully saturated rings. The molecule has 0 aliphatic carbocycles. The van der Waals surface area contributed by atoms with Gasteiger partial charge in [-0.05, 0) is 25.2 Å². The van der Waals surface area contributed by atoms with Gasteiger partial charge in [-0.2, -0.15) is 0 Å². The minimum atomic E-state index is 0.543. The van der Waals surface area contributed by atoms with E-state index >= 15 is 0 Å². The van der Waals surface area contributed by atoms with Crippen molar-refractivity contribution in [2.24, 2.45) is 0 Å². The molecule has 0 bridgehead atoms. The summed E-state index contributed by atoms with van der Waals surface area (Å²) in [6.07, 6.45) is 4.39. The molecule has 0 saturated carbocycles. The predicted molar refractivity (Wildman–Crippen MR) is 52.7 cm³/mol. The van der Waals surface area contributed by atoms with Gasteiger partial charge < -0.3 is 4.90 Å². The molecule has 2 heteroatoms. The summed E-state index contributed by atoms with van der Waals surface area (Å²) in [6, 6.07) is 0. The van der Waals surface area contributed by atoms with Crippen molar-refractivity contribution < 1.29 is 4.79 Å². The van der Waals surface area contributed by atoms with Crippen LogP contribution in [0.5, 0.6) is 0 Å². The molecule has 1 heterocycles. The Bertz CT molecular complexity index is 260. The fraction of sp³-hybridized carbons (Fsp3) is 0.636. The number of hydrogen-bond donors (Lipinski definition) is 0. The molecular weight excluding hydrogens is 162 g/mol. The summed E-state index contributed by atoms with van der Waals surface area (Å²) in [7, 11) is 0. The van der Waals surface area contributed by atoms with E-state index in [-0.39, 0.29) is 0 Å². The molecule has 0 N–H and O–H groups in total. The first-order valence-corrected chi connectivity index (χ1v) is 4.87. The Labute approximate surface area is 79.6 Å². The smallest absolute Gasteiger partial charge is 0.174 e. The number of carbonyl (C=O) groups excluding carboxylic acids is 1. The molecule has 1 aliphatic rings. The Morgan fingerprint density at radius 3 is 2.54 bits per heavy atom. The van der Waals surface area contributed by atoms with Crippen LogP contribution in [0, 0.1) is 11.8 Å². The minimum absolute atomic E-state index is 0.543. The Morgan fingerprint density at radius 1 is 1.31 bits per heavy atom. The first-order valence-electron chi connectivity index (χ1n) is 4.87. The quantitative estimate of drug-likeness (QED) is 0.448. The molecule has 0 aromatic carbocycles. The van der Waals surface area contributed by atoms with Gasteiger partial charge in [0.15, 0.2) is 11.6 Å². The summed E-state index contributed by atoms with van der Waals surface area (Å²) in [6.45, 7) is 3.90. The van der Waals surface area contributed by atoms with Crippen LogP contribution < -0.4 is 0 Å². The number of allylic oxidation sites excluding steroid dienone is 1. The first-order chi connectivity index (χ1) is 6.38. The molecule has 0 aromatic rings. The molecule has 0 aromatic heterocycles. The lowest BCUT2D eigenvalue weighted by molar-refractivity contribution is 0.297. The molecule has 0 radical (unpaired) electrons. The van der Waals surface area contributed by atoms with Crippen molar-refractivity contribution in [2.45, 2.75) is 32.6 Å². The summed E-state index contributed by atoms with van der Waals surface area (Å²) < 4.78 is 0. The van der Waals surface area contributed by atoms with Gasteiger partial charge in [0.05, 0.1) is 0 Å². The maximum atomic E-state index is 10.6. The maximum absolute atomic E-state index is 10.6. The molecule has 2 nitrogen and oxygen atoms in total. The van der Waals surface area contributed by atoms with Gasteiger partial charge in [0.25, 0.3) is 0 Å². The average Bonchev–Trinajstić information content (AvgIpc) is 2.21. The molecular formula is C11H15NO. The first kappa shape index (κ1) is 9.89. The van der Waals surface area contributed by atoms with Crippen LogP contribution in [0.2, 0.25) is 0 Å². The predicted octanol–water partition coefficient (Wildman–Crippen LogP) is 1.60. The Morgan fingerprint density at radius 2 is 2.00 bits per heavy atom. The van der Waals surface area contributed by atoms with Gasteiger partial charge in [-0.3, -0.25) is 0 Å². The van der Waals surface area contributed by atoms with Crippen LogP contribution in [0.4, 0.5) is 0 Å². The van der Waals surface area contributed by atoms with Crippen LogP contribution >= 0.6 is 0 Å². The fourth-order valence-electron chi connectivity index (χ4n) is 1.46. The second-order valence-electron chi connectivity index (χ2n) is 3.15. The second-order valence-corrected chi connectivity index (χ2v) is 3.15. The summed E-state index contributed by atoms with van der Waals surface area (Å²) in [5.74, 6) is 7.69. The number of hydrogen-bond acceptors (Lipinski definition) is 2. The lowest BCUT2D eigenvalue weighted by Crippen LogP contribution is -2.28. The topological polar surface area (TPSA) is 20.3 Å². The highest BCUT2D eigenvalue weighted by Crippen LogP contribution is 2.12. The Hall–Kier alpha value is -1.19. The summed E-state index contributed by atoms with van der Waals surface area (Å²) >= 11 is 0. The SMILES string of the molecule is CCC#CC(=C=O)N1CCCCC1. The van der Waals surface area contributed by atoms with Crippen molar-refractivity contribution in [1.82, 2.24) is 4.90 Å². The van der Waals surface area contributed by atoms with Crippen LogP contribution in [-0.2, 0) is 4.79 Å². The van der Waals surface area contributed by atoms with Crippen LogP contribution in [-0.4, -0.2) is 23.9 Å². The monoisotopic (exact) mass is 177 g/mol. The molecule has 13 heavy (non-hydrogen) atoms. The number of piperidine rings is 1. The van der Waals surface area contributed by atoms with E-state index in [1.54, 1.807) is 0 Å². The van der Waals surface area contributed by atoms with E-state index in [2.05, 4.69) is 11.8 Å². The number of rotatable bonds is 1. The summed E-state index contributed by atoms with van der Waals surface area (Å²) in [5, 5.41) is 0. The van der Waals surface area contributed by atoms with E-state index < -0.39 is 0 Å². The Balaban J connectivity index is 2.60. The van der Waals surface area contributed by atoms with Crippen molar-refractivity contribution in [2.75, 3.05) is 13.1 Å². The molecule has 1 rings (SSSR count). The third-order valence-corrected chi connectivity index (χ3v) is 2.15. The van der Waals surface area contributed by atoms with E-state index in [0.717, 1.165) is 19.5 Å². The van der Waals surface area contributed by atoms with Crippen molar-refractivity contribution in [1.29, 1.82) is 0 Å². The van der Waals surface area contributed by atoms with E-state index in [4.69, 9.17) is 0 Å². The van der Waals surface area contributed by atoms with Crippen molar-refractivity contribution in [3.63, 3.8) is 0 Å². The van der Waals surface area contributed by atoms with Crippen molar-refractivity contribution in [3.8, 4) is 11.8 Å². The highest BCUT2D eigenvalue weighted by molar-refractivity contribution is 5.59. The van der Waals surface area contributed by atoms with E-state index in [1.807, 2.05) is 17.8 Å². The third-order valence-electron chi connectivity index (χ3n) is 2.15. The van der Waals surface area contributed by atoms with Crippen LogP contribution in [0.1, 0.15) is 32.6 Å². The van der Waals surface area contributed by atoms with Gasteiger partial charge in [-0.25, -0.2) is 4.79 Å². The summed E-state index contributed by atoms with van der Waals surface area (Å²) in [5.41, 5.74) is 0.543. The molecule has 0 unspecified atom stereocenters. The Kier molecular flexibility index (Phi) is 4.15. The van der Waals surface area contributed by atoms with E-state index in [0.29, 0.717) is 5.70 Å². The molecule has 0 spiro atoms. The van der Waals surface area contributed by atoms with Gasteiger partial charge in [0.1, 0.15) is 0 Å². The lowest BCUT2D eigenvalue weighted by atomic mass is 10.1. The standard InChI is InChI=1S/C11H15NO/c1-2-3-7-11(10-13)12-8-5-4-6-9-12/h2,4-6,8-9H2,1H3. The molecule has 0 atom stereocenters. The molecule has 1 aliphatic heterocycles. The highest BCUT2D eigenvalue weighted by Gasteiger charge is 2.11. The van der Waals surface area contributed by atoms with E-state index in [9.17, 15) is 4.79 Å². The normalized spacial score (nSPS) is 15.6. The van der Waals surface area contributed by atoms with Crippen molar-refractivity contribution >= 4 is 5.94 Å². The van der Waals surface area contributed by atoms with Gasteiger partial charge in [-0.1, -0.05) is 12.8 Å². The number of likely N-dealkylation sites (tertiary alicyclic amines) is 1. The highest BCUT2D eigenvalue weighted by atomic mass is 16.1. The van der Waals surface area contributed by atoms with Crippen molar-refractivity contribution in [3.05, 3.63) is 5.70 Å². The average molecular weight is 177 g/mol. The zero-order chi connectivity index (χ0) is 9.52. The zero-order valence-electron chi connectivity index (χ0n) is 8.10. The molecule has 70 valence electrons. The lowest BCUT2D eigenvalue weighted by Gasteiger charge is -2.26. The van der Waals surface area contributed by atoms with Gasteiger partial charge in [-0.15, -0.1) is 0 Å². The van der Waals surface area contributed by atoms with Gasteiger partial charge in [0.2, 0.25) is 0 Å². The largest absolute Gasteiger partial charge is 0.356 e. The molecule has 0 amide bonds. The summed E-state index contributed by atoms with van der Waals surface area (Å²) in [4.78, 5) is 12.6. The molecule has 1 saturated heterocycles. The fourth-order valence-corrected chi connectivity index (χ4v) is 1.46. The van der Waals surface area contributed by atoms with Crippen LogP contribution in [0.25, 0.3) is 0 Å². The number of nitrogens with zero attached hydrogens (tertiary/aromatic N) is 1. The van der Waals surface area contributed by atoms with Gasteiger partial charge >= 0.3 is 0 Å². The van der Waals surface area contributed by atoms with Crippen LogP contribution in [0.15, 0.2) is 5.70 Å². The van der Waals surface area contributed by atoms with Gasteiger partial charge in [0, 0.05) is 19.5 Å².